The number of halogens is 1. The van der Waals surface area contributed by atoms with Gasteiger partial charge >= 0.3 is 5.97 Å². The van der Waals surface area contributed by atoms with Gasteiger partial charge in [-0.2, -0.15) is 0 Å². The van der Waals surface area contributed by atoms with Crippen LogP contribution >= 0.6 is 11.6 Å². The largest absolute Gasteiger partial charge is 0.478 e. The predicted octanol–water partition coefficient (Wildman–Crippen LogP) is 3.45. The first-order chi connectivity index (χ1) is 6.09. The van der Waals surface area contributed by atoms with Crippen molar-refractivity contribution in [1.29, 1.82) is 0 Å². The van der Waals surface area contributed by atoms with Gasteiger partial charge in [0.2, 0.25) is 0 Å². The molecular weight excluding hydrogens is 188 g/mol. The Labute approximate surface area is 85.6 Å². The van der Waals surface area contributed by atoms with Crippen LogP contribution in [0.1, 0.15) is 40.0 Å². The molecule has 0 aliphatic rings. The van der Waals surface area contributed by atoms with Crippen LogP contribution in [-0.4, -0.2) is 17.0 Å². The molecule has 1 N–H and O–H groups in total. The molecule has 2 nitrogen and oxygen atoms in total. The Morgan fingerprint density at radius 1 is 1.46 bits per heavy atom. The third-order valence-corrected chi connectivity index (χ3v) is 1.77. The second-order valence-electron chi connectivity index (χ2n) is 2.67. The van der Waals surface area contributed by atoms with Crippen molar-refractivity contribution < 1.29 is 9.90 Å². The molecule has 0 amide bonds. The van der Waals surface area contributed by atoms with E-state index in [1.807, 2.05) is 0 Å². The molecule has 0 saturated heterocycles. The van der Waals surface area contributed by atoms with Gasteiger partial charge < -0.3 is 5.11 Å². The van der Waals surface area contributed by atoms with Crippen molar-refractivity contribution in [3.63, 3.8) is 0 Å². The van der Waals surface area contributed by atoms with Crippen LogP contribution in [0, 0.1) is 0 Å². The standard InChI is InChI=1S/C5H11Cl.C5H8O2/c1-2-3-4-5-6;1-3-4(2)5(6)7/h2-5H2,1H3;3H,1-2H3,(H,6,7). The number of unbranched alkanes of at least 4 members (excludes halogenated alkanes) is 2. The smallest absolute Gasteiger partial charge is 0.330 e. The summed E-state index contributed by atoms with van der Waals surface area (Å²) in [5, 5.41) is 8.11. The fourth-order valence-electron chi connectivity index (χ4n) is 0.468. The van der Waals surface area contributed by atoms with Gasteiger partial charge in [-0.05, 0) is 20.3 Å². The van der Waals surface area contributed by atoms with Crippen LogP contribution in [0.5, 0.6) is 0 Å². The summed E-state index contributed by atoms with van der Waals surface area (Å²) in [4.78, 5) is 9.86. The van der Waals surface area contributed by atoms with Gasteiger partial charge in [0, 0.05) is 11.5 Å². The Morgan fingerprint density at radius 3 is 2.08 bits per heavy atom. The normalized spacial score (nSPS) is 10.3. The van der Waals surface area contributed by atoms with Crippen LogP contribution in [0.25, 0.3) is 0 Å². The minimum atomic E-state index is -0.845. The summed E-state index contributed by atoms with van der Waals surface area (Å²) >= 11 is 5.38. The van der Waals surface area contributed by atoms with Crippen LogP contribution in [0.4, 0.5) is 0 Å². The molecule has 0 aliphatic carbocycles. The number of aliphatic carboxylic acids is 1. The van der Waals surface area contributed by atoms with E-state index in [0.29, 0.717) is 5.57 Å². The molecule has 0 atom stereocenters. The lowest BCUT2D eigenvalue weighted by atomic mass is 10.3. The zero-order valence-corrected chi connectivity index (χ0v) is 9.40. The number of hydrogen-bond donors (Lipinski definition) is 1. The average Bonchev–Trinajstić information content (AvgIpc) is 2.14. The molecule has 0 fully saturated rings. The lowest BCUT2D eigenvalue weighted by Gasteiger charge is -1.84. The Kier molecular flexibility index (Phi) is 13.3. The first-order valence-electron chi connectivity index (χ1n) is 4.52. The van der Waals surface area contributed by atoms with Crippen molar-refractivity contribution in [2.75, 3.05) is 5.88 Å². The van der Waals surface area contributed by atoms with E-state index in [1.54, 1.807) is 19.9 Å². The van der Waals surface area contributed by atoms with Gasteiger partial charge in [-0.25, -0.2) is 4.79 Å². The molecule has 0 aliphatic heterocycles. The molecule has 0 aromatic heterocycles. The molecule has 0 unspecified atom stereocenters. The number of alkyl halides is 1. The van der Waals surface area contributed by atoms with Crippen LogP contribution in [0.3, 0.4) is 0 Å². The summed E-state index contributed by atoms with van der Waals surface area (Å²) in [5.41, 5.74) is 0.389. The number of carbonyl (C=O) groups is 1. The van der Waals surface area contributed by atoms with E-state index < -0.39 is 5.97 Å². The number of carboxylic acids is 1. The summed E-state index contributed by atoms with van der Waals surface area (Å²) in [6.45, 7) is 5.43. The highest BCUT2D eigenvalue weighted by molar-refractivity contribution is 6.17. The van der Waals surface area contributed by atoms with Crippen molar-refractivity contribution in [2.24, 2.45) is 0 Å². The van der Waals surface area contributed by atoms with Crippen molar-refractivity contribution >= 4 is 17.6 Å². The second-order valence-corrected chi connectivity index (χ2v) is 3.05. The molecule has 0 rings (SSSR count). The number of hydrogen-bond acceptors (Lipinski definition) is 1. The van der Waals surface area contributed by atoms with Gasteiger partial charge in [0.1, 0.15) is 0 Å². The summed E-state index contributed by atoms with van der Waals surface area (Å²) in [5.74, 6) is -0.0177. The SMILES string of the molecule is CC=C(C)C(=O)O.CCCCCCl. The maximum absolute atomic E-state index is 9.86. The Balaban J connectivity index is 0. The van der Waals surface area contributed by atoms with Crippen LogP contribution in [0.2, 0.25) is 0 Å². The fourth-order valence-corrected chi connectivity index (χ4v) is 0.657. The summed E-state index contributed by atoms with van der Waals surface area (Å²) < 4.78 is 0. The van der Waals surface area contributed by atoms with Gasteiger partial charge in [-0.15, -0.1) is 11.6 Å². The van der Waals surface area contributed by atoms with E-state index in [9.17, 15) is 4.79 Å². The summed E-state index contributed by atoms with van der Waals surface area (Å²) in [6, 6.07) is 0. The highest BCUT2D eigenvalue weighted by atomic mass is 35.5. The Bertz CT molecular complexity index is 149. The van der Waals surface area contributed by atoms with Crippen LogP contribution in [0.15, 0.2) is 11.6 Å². The average molecular weight is 207 g/mol. The van der Waals surface area contributed by atoms with Crippen LogP contribution < -0.4 is 0 Å². The van der Waals surface area contributed by atoms with Gasteiger partial charge in [0.25, 0.3) is 0 Å². The van der Waals surface area contributed by atoms with Crippen molar-refractivity contribution in [3.8, 4) is 0 Å². The third-order valence-electron chi connectivity index (χ3n) is 1.51. The van der Waals surface area contributed by atoms with Crippen LogP contribution in [-0.2, 0) is 4.79 Å². The second kappa shape index (κ2) is 11.5. The maximum Gasteiger partial charge on any atom is 0.330 e. The van der Waals surface area contributed by atoms with Gasteiger partial charge in [0.05, 0.1) is 0 Å². The van der Waals surface area contributed by atoms with Crippen molar-refractivity contribution in [1.82, 2.24) is 0 Å². The van der Waals surface area contributed by atoms with Gasteiger partial charge in [-0.3, -0.25) is 0 Å². The quantitative estimate of drug-likeness (QED) is 0.435. The van der Waals surface area contributed by atoms with Crippen molar-refractivity contribution in [2.45, 2.75) is 40.0 Å². The van der Waals surface area contributed by atoms with E-state index in [0.717, 1.165) is 5.88 Å². The summed E-state index contributed by atoms with van der Waals surface area (Å²) in [7, 11) is 0. The molecular formula is C10H19ClO2. The Morgan fingerprint density at radius 2 is 2.00 bits per heavy atom. The maximum atomic E-state index is 9.86. The monoisotopic (exact) mass is 206 g/mol. The molecule has 13 heavy (non-hydrogen) atoms. The summed E-state index contributed by atoms with van der Waals surface area (Å²) in [6.07, 6.45) is 5.29. The highest BCUT2D eigenvalue weighted by Crippen LogP contribution is 1.93. The first kappa shape index (κ1) is 15.0. The number of rotatable bonds is 4. The molecule has 0 radical (unpaired) electrons. The molecule has 0 bridgehead atoms. The van der Waals surface area contributed by atoms with Gasteiger partial charge in [0.15, 0.2) is 0 Å². The minimum Gasteiger partial charge on any atom is -0.478 e. The number of carboxylic acid groups (broad SMARTS) is 1. The molecule has 0 aromatic rings. The van der Waals surface area contributed by atoms with E-state index in [2.05, 4.69) is 6.92 Å². The molecule has 0 saturated carbocycles. The molecule has 0 heterocycles. The van der Waals surface area contributed by atoms with E-state index in [1.165, 1.54) is 19.3 Å². The van der Waals surface area contributed by atoms with Crippen molar-refractivity contribution in [3.05, 3.63) is 11.6 Å². The molecule has 0 aromatic carbocycles. The lowest BCUT2D eigenvalue weighted by molar-refractivity contribution is -0.132. The zero-order valence-electron chi connectivity index (χ0n) is 8.64. The fraction of sp³-hybridized carbons (Fsp3) is 0.700. The number of allylic oxidation sites excluding steroid dienone is 1. The zero-order chi connectivity index (χ0) is 10.7. The minimum absolute atomic E-state index is 0.389. The van der Waals surface area contributed by atoms with E-state index in [-0.39, 0.29) is 0 Å². The molecule has 3 heteroatoms. The third kappa shape index (κ3) is 14.4. The molecule has 78 valence electrons. The first-order valence-corrected chi connectivity index (χ1v) is 5.05. The topological polar surface area (TPSA) is 37.3 Å². The Hall–Kier alpha value is -0.500. The van der Waals surface area contributed by atoms with Gasteiger partial charge in [-0.1, -0.05) is 25.8 Å². The lowest BCUT2D eigenvalue weighted by Crippen LogP contribution is -1.93. The highest BCUT2D eigenvalue weighted by Gasteiger charge is 1.93. The van der Waals surface area contributed by atoms with E-state index >= 15 is 0 Å². The van der Waals surface area contributed by atoms with E-state index in [4.69, 9.17) is 16.7 Å². The molecule has 0 spiro atoms. The predicted molar refractivity (Wildman–Crippen MR) is 57.3 cm³/mol.